The summed E-state index contributed by atoms with van der Waals surface area (Å²) >= 11 is 0. The Morgan fingerprint density at radius 1 is 1.38 bits per heavy atom. The van der Waals surface area contributed by atoms with Gasteiger partial charge in [0.15, 0.2) is 0 Å². The average Bonchev–Trinajstić information content (AvgIpc) is 2.85. The zero-order valence-electron chi connectivity index (χ0n) is 8.81. The molecule has 0 saturated carbocycles. The number of anilines is 1. The van der Waals surface area contributed by atoms with E-state index in [-0.39, 0.29) is 0 Å². The van der Waals surface area contributed by atoms with Gasteiger partial charge in [0.1, 0.15) is 5.82 Å². The van der Waals surface area contributed by atoms with E-state index in [2.05, 4.69) is 15.3 Å². The molecule has 3 N–H and O–H groups in total. The second-order valence-electron chi connectivity index (χ2n) is 3.72. The fourth-order valence-corrected chi connectivity index (χ4v) is 1.80. The minimum absolute atomic E-state index is 0.645. The number of hydrogen-bond acceptors (Lipinski definition) is 3. The molecule has 3 rings (SSSR count). The highest BCUT2D eigenvalue weighted by Gasteiger charge is 2.09. The fraction of sp³-hybridized carbons (Fsp3) is 0.0909. The van der Waals surface area contributed by atoms with Crippen molar-refractivity contribution in [3.05, 3.63) is 30.5 Å². The molecule has 0 aliphatic rings. The third kappa shape index (κ3) is 1.18. The molecule has 0 aliphatic heterocycles. The van der Waals surface area contributed by atoms with E-state index >= 15 is 0 Å². The van der Waals surface area contributed by atoms with Crippen LogP contribution in [0.4, 0.5) is 5.82 Å². The molecule has 0 fully saturated rings. The van der Waals surface area contributed by atoms with Crippen molar-refractivity contribution in [2.45, 2.75) is 0 Å². The SMILES string of the molecule is Cn1nc(-c2cccc3cn[nH]c23)cc1N. The first-order valence-electron chi connectivity index (χ1n) is 4.97. The maximum absolute atomic E-state index is 5.77. The van der Waals surface area contributed by atoms with Crippen molar-refractivity contribution in [2.75, 3.05) is 5.73 Å². The predicted molar refractivity (Wildman–Crippen MR) is 62.7 cm³/mol. The lowest BCUT2D eigenvalue weighted by Crippen LogP contribution is -1.96. The summed E-state index contributed by atoms with van der Waals surface area (Å²) in [5.74, 6) is 0.645. The van der Waals surface area contributed by atoms with Crippen LogP contribution in [0.3, 0.4) is 0 Å². The maximum atomic E-state index is 5.77. The van der Waals surface area contributed by atoms with E-state index in [1.54, 1.807) is 10.9 Å². The highest BCUT2D eigenvalue weighted by atomic mass is 15.3. The first kappa shape index (κ1) is 8.96. The van der Waals surface area contributed by atoms with Gasteiger partial charge in [0.2, 0.25) is 0 Å². The van der Waals surface area contributed by atoms with Crippen molar-refractivity contribution in [2.24, 2.45) is 7.05 Å². The van der Waals surface area contributed by atoms with Crippen LogP contribution < -0.4 is 5.73 Å². The molecule has 0 amide bonds. The summed E-state index contributed by atoms with van der Waals surface area (Å²) in [4.78, 5) is 0. The zero-order chi connectivity index (χ0) is 11.1. The Kier molecular flexibility index (Phi) is 1.73. The van der Waals surface area contributed by atoms with Gasteiger partial charge in [-0.15, -0.1) is 0 Å². The van der Waals surface area contributed by atoms with Crippen molar-refractivity contribution < 1.29 is 0 Å². The van der Waals surface area contributed by atoms with Crippen molar-refractivity contribution in [3.8, 4) is 11.3 Å². The number of aromatic amines is 1. The van der Waals surface area contributed by atoms with Gasteiger partial charge >= 0.3 is 0 Å². The minimum atomic E-state index is 0.645. The van der Waals surface area contributed by atoms with E-state index < -0.39 is 0 Å². The number of aryl methyl sites for hydroxylation is 1. The van der Waals surface area contributed by atoms with E-state index in [1.165, 1.54) is 0 Å². The van der Waals surface area contributed by atoms with Crippen LogP contribution >= 0.6 is 0 Å². The average molecular weight is 213 g/mol. The number of hydrogen-bond donors (Lipinski definition) is 2. The summed E-state index contributed by atoms with van der Waals surface area (Å²) in [6, 6.07) is 7.85. The molecule has 16 heavy (non-hydrogen) atoms. The second-order valence-corrected chi connectivity index (χ2v) is 3.72. The Morgan fingerprint density at radius 3 is 3.00 bits per heavy atom. The van der Waals surface area contributed by atoms with Crippen LogP contribution in [-0.2, 0) is 7.05 Å². The molecule has 3 aromatic rings. The number of benzene rings is 1. The molecule has 0 saturated heterocycles. The number of nitrogens with one attached hydrogen (secondary N) is 1. The Labute approximate surface area is 91.9 Å². The Hall–Kier alpha value is -2.30. The van der Waals surface area contributed by atoms with Crippen molar-refractivity contribution in [1.82, 2.24) is 20.0 Å². The number of H-pyrrole nitrogens is 1. The highest BCUT2D eigenvalue weighted by molar-refractivity contribution is 5.92. The van der Waals surface area contributed by atoms with Crippen molar-refractivity contribution in [1.29, 1.82) is 0 Å². The van der Waals surface area contributed by atoms with Gasteiger partial charge < -0.3 is 5.73 Å². The molecule has 5 nitrogen and oxygen atoms in total. The van der Waals surface area contributed by atoms with Crippen molar-refractivity contribution in [3.63, 3.8) is 0 Å². The zero-order valence-corrected chi connectivity index (χ0v) is 8.81. The molecule has 0 unspecified atom stereocenters. The van der Waals surface area contributed by atoms with Gasteiger partial charge in [0, 0.05) is 24.1 Å². The number of nitrogen functional groups attached to an aromatic ring is 1. The molecule has 2 aromatic heterocycles. The number of nitrogens with zero attached hydrogens (tertiary/aromatic N) is 3. The molecule has 80 valence electrons. The highest BCUT2D eigenvalue weighted by Crippen LogP contribution is 2.26. The molecule has 5 heteroatoms. The summed E-state index contributed by atoms with van der Waals surface area (Å²) in [5, 5.41) is 12.4. The predicted octanol–water partition coefficient (Wildman–Crippen LogP) is 1.55. The topological polar surface area (TPSA) is 72.5 Å². The summed E-state index contributed by atoms with van der Waals surface area (Å²) in [6.45, 7) is 0. The van der Waals surface area contributed by atoms with E-state index in [0.717, 1.165) is 22.2 Å². The van der Waals surface area contributed by atoms with Crippen molar-refractivity contribution >= 4 is 16.7 Å². The first-order valence-corrected chi connectivity index (χ1v) is 4.97. The Morgan fingerprint density at radius 2 is 2.25 bits per heavy atom. The number of nitrogens with two attached hydrogens (primary N) is 1. The third-order valence-electron chi connectivity index (χ3n) is 2.67. The van der Waals surface area contributed by atoms with Gasteiger partial charge in [-0.3, -0.25) is 9.78 Å². The molecule has 0 bridgehead atoms. The Bertz CT molecular complexity index is 630. The van der Waals surface area contributed by atoms with Gasteiger partial charge in [-0.05, 0) is 0 Å². The quantitative estimate of drug-likeness (QED) is 0.644. The Balaban J connectivity index is 2.29. The summed E-state index contributed by atoms with van der Waals surface area (Å²) in [5.41, 5.74) is 8.63. The lowest BCUT2D eigenvalue weighted by Gasteiger charge is -1.97. The smallest absolute Gasteiger partial charge is 0.121 e. The molecule has 1 aromatic carbocycles. The fourth-order valence-electron chi connectivity index (χ4n) is 1.80. The molecule has 0 atom stereocenters. The van der Waals surface area contributed by atoms with Crippen LogP contribution in [0.5, 0.6) is 0 Å². The molecule has 2 heterocycles. The number of fused-ring (bicyclic) bond motifs is 1. The maximum Gasteiger partial charge on any atom is 0.121 e. The van der Waals surface area contributed by atoms with Crippen LogP contribution in [0.2, 0.25) is 0 Å². The molecular formula is C11H11N5. The summed E-state index contributed by atoms with van der Waals surface area (Å²) in [6.07, 6.45) is 1.80. The number of aromatic nitrogens is 4. The van der Waals surface area contributed by atoms with Gasteiger partial charge in [-0.25, -0.2) is 0 Å². The summed E-state index contributed by atoms with van der Waals surface area (Å²) in [7, 11) is 1.83. The van der Waals surface area contributed by atoms with Gasteiger partial charge in [-0.1, -0.05) is 18.2 Å². The van der Waals surface area contributed by atoms with E-state index in [1.807, 2.05) is 31.3 Å². The lowest BCUT2D eigenvalue weighted by molar-refractivity contribution is 0.782. The van der Waals surface area contributed by atoms with Gasteiger partial charge in [0.25, 0.3) is 0 Å². The molecular weight excluding hydrogens is 202 g/mol. The van der Waals surface area contributed by atoms with Crippen LogP contribution in [0.15, 0.2) is 30.5 Å². The lowest BCUT2D eigenvalue weighted by atomic mass is 10.1. The van der Waals surface area contributed by atoms with Gasteiger partial charge in [-0.2, -0.15) is 10.2 Å². The minimum Gasteiger partial charge on any atom is -0.384 e. The molecule has 0 aliphatic carbocycles. The molecule has 0 spiro atoms. The normalized spacial score (nSPS) is 11.1. The van der Waals surface area contributed by atoms with Crippen LogP contribution in [0.1, 0.15) is 0 Å². The standard InChI is InChI=1S/C11H11N5/c1-16-10(12)5-9(15-16)8-4-2-3-7-6-13-14-11(7)8/h2-6H,12H2,1H3,(H,13,14). The van der Waals surface area contributed by atoms with Crippen LogP contribution in [0.25, 0.3) is 22.2 Å². The van der Waals surface area contributed by atoms with E-state index in [0.29, 0.717) is 5.82 Å². The monoisotopic (exact) mass is 213 g/mol. The van der Waals surface area contributed by atoms with E-state index in [4.69, 9.17) is 5.73 Å². The second kappa shape index (κ2) is 3.10. The number of para-hydroxylation sites is 1. The third-order valence-corrected chi connectivity index (χ3v) is 2.67. The number of rotatable bonds is 1. The first-order chi connectivity index (χ1) is 7.75. The van der Waals surface area contributed by atoms with Gasteiger partial charge in [0.05, 0.1) is 17.4 Å². The summed E-state index contributed by atoms with van der Waals surface area (Å²) < 4.78 is 1.66. The largest absolute Gasteiger partial charge is 0.384 e. The van der Waals surface area contributed by atoms with Crippen LogP contribution in [-0.4, -0.2) is 20.0 Å². The van der Waals surface area contributed by atoms with E-state index in [9.17, 15) is 0 Å². The van der Waals surface area contributed by atoms with Crippen LogP contribution in [0, 0.1) is 0 Å². The molecule has 0 radical (unpaired) electrons.